The van der Waals surface area contributed by atoms with E-state index in [1.807, 2.05) is 0 Å². The highest BCUT2D eigenvalue weighted by Gasteiger charge is 2.74. The lowest BCUT2D eigenvalue weighted by Crippen LogP contribution is -2.32. The van der Waals surface area contributed by atoms with E-state index in [1.165, 1.54) is 31.2 Å². The third-order valence-electron chi connectivity index (χ3n) is 4.01. The highest BCUT2D eigenvalue weighted by atomic mass is 32.2. The first-order valence-electron chi connectivity index (χ1n) is 6.21. The van der Waals surface area contributed by atoms with Crippen LogP contribution in [0.1, 0.15) is 18.4 Å². The van der Waals surface area contributed by atoms with E-state index < -0.39 is 38.2 Å². The molecule has 7 heteroatoms. The Labute approximate surface area is 116 Å². The summed E-state index contributed by atoms with van der Waals surface area (Å²) in [6.07, 6.45) is 0. The van der Waals surface area contributed by atoms with E-state index in [9.17, 15) is 22.7 Å². The normalized spacial score (nSPS) is 29.1. The Morgan fingerprint density at radius 3 is 2.35 bits per heavy atom. The van der Waals surface area contributed by atoms with Gasteiger partial charge in [0.2, 0.25) is 0 Å². The number of carbonyl (C=O) groups is 1. The predicted octanol–water partition coefficient (Wildman–Crippen LogP) is 0.756. The summed E-state index contributed by atoms with van der Waals surface area (Å²) < 4.78 is 37.1. The van der Waals surface area contributed by atoms with Gasteiger partial charge in [0.1, 0.15) is 11.2 Å². The smallest absolute Gasteiger partial charge is 0.312 e. The lowest BCUT2D eigenvalue weighted by atomic mass is 9.99. The van der Waals surface area contributed by atoms with Crippen LogP contribution in [0.15, 0.2) is 24.3 Å². The zero-order valence-corrected chi connectivity index (χ0v) is 11.7. The van der Waals surface area contributed by atoms with Crippen LogP contribution in [0.3, 0.4) is 0 Å². The highest BCUT2D eigenvalue weighted by molar-refractivity contribution is 7.92. The average molecular weight is 301 g/mol. The van der Waals surface area contributed by atoms with Crippen LogP contribution in [0.25, 0.3) is 0 Å². The second-order valence-corrected chi connectivity index (χ2v) is 7.36. The second kappa shape index (κ2) is 4.82. The third-order valence-corrected chi connectivity index (χ3v) is 6.28. The van der Waals surface area contributed by atoms with Gasteiger partial charge in [0.15, 0.2) is 9.84 Å². The fraction of sp³-hybridized carbons (Fsp3) is 0.462. The Hall–Kier alpha value is -1.47. The van der Waals surface area contributed by atoms with Crippen molar-refractivity contribution in [1.29, 1.82) is 0 Å². The van der Waals surface area contributed by atoms with Crippen LogP contribution < -0.4 is 5.73 Å². The van der Waals surface area contributed by atoms with E-state index in [-0.39, 0.29) is 12.3 Å². The van der Waals surface area contributed by atoms with Gasteiger partial charge in [-0.3, -0.25) is 4.79 Å². The van der Waals surface area contributed by atoms with Crippen LogP contribution in [0.4, 0.5) is 4.39 Å². The lowest BCUT2D eigenvalue weighted by molar-refractivity contribution is -0.143. The molecule has 5 nitrogen and oxygen atoms in total. The van der Waals surface area contributed by atoms with E-state index in [4.69, 9.17) is 5.73 Å². The molecular formula is C13H16FNO4S. The maximum absolute atomic E-state index is 12.9. The van der Waals surface area contributed by atoms with E-state index in [0.29, 0.717) is 5.56 Å². The molecule has 1 aromatic rings. The predicted molar refractivity (Wildman–Crippen MR) is 71.5 cm³/mol. The number of carboxylic acids is 1. The van der Waals surface area contributed by atoms with Crippen molar-refractivity contribution >= 4 is 15.8 Å². The molecule has 3 N–H and O–H groups in total. The summed E-state index contributed by atoms with van der Waals surface area (Å²) in [6.45, 7) is 1.20. The average Bonchev–Trinajstić information content (AvgIpc) is 3.11. The van der Waals surface area contributed by atoms with Crippen molar-refractivity contribution in [2.75, 3.05) is 12.3 Å². The van der Waals surface area contributed by atoms with Gasteiger partial charge in [-0.05, 0) is 17.7 Å². The molecule has 3 atom stereocenters. The van der Waals surface area contributed by atoms with Gasteiger partial charge in [0, 0.05) is 18.2 Å². The molecule has 1 saturated carbocycles. The van der Waals surface area contributed by atoms with Gasteiger partial charge in [0.25, 0.3) is 0 Å². The minimum absolute atomic E-state index is 0.148. The summed E-state index contributed by atoms with van der Waals surface area (Å²) in [6, 6.07) is 5.20. The largest absolute Gasteiger partial charge is 0.481 e. The van der Waals surface area contributed by atoms with Crippen LogP contribution in [-0.4, -0.2) is 37.0 Å². The minimum atomic E-state index is -3.55. The maximum atomic E-state index is 12.9. The first kappa shape index (κ1) is 14.9. The summed E-state index contributed by atoms with van der Waals surface area (Å²) >= 11 is 0. The Balaban J connectivity index is 2.50. The SMILES string of the molecule is CCS(=O)(=O)[C@@H]1[C@H](c2ccc(F)cc2)[C@]1(CN)C(=O)O. The zero-order chi connectivity index (χ0) is 15.1. The van der Waals surface area contributed by atoms with Gasteiger partial charge in [0.05, 0.1) is 5.25 Å². The Morgan fingerprint density at radius 1 is 1.40 bits per heavy atom. The fourth-order valence-corrected chi connectivity index (χ4v) is 4.92. The number of halogens is 1. The number of rotatable bonds is 5. The molecule has 0 aromatic heterocycles. The first-order valence-corrected chi connectivity index (χ1v) is 7.93. The standard InChI is InChI=1S/C13H16FNO4S/c1-2-20(18,19)11-10(13(11,7-15)12(16)17)8-3-5-9(14)6-4-8/h3-6,10-11H,2,7,15H2,1H3,(H,16,17)/t10-,11+,13-/m0/s1. The summed E-state index contributed by atoms with van der Waals surface area (Å²) in [5, 5.41) is 8.35. The van der Waals surface area contributed by atoms with Crippen molar-refractivity contribution in [2.45, 2.75) is 18.1 Å². The van der Waals surface area contributed by atoms with Crippen molar-refractivity contribution in [2.24, 2.45) is 11.1 Å². The molecule has 1 aliphatic rings. The summed E-state index contributed by atoms with van der Waals surface area (Å²) in [5.41, 5.74) is 4.53. The van der Waals surface area contributed by atoms with Crippen molar-refractivity contribution in [3.63, 3.8) is 0 Å². The topological polar surface area (TPSA) is 97.5 Å². The van der Waals surface area contributed by atoms with Crippen molar-refractivity contribution < 1.29 is 22.7 Å². The molecule has 0 amide bonds. The van der Waals surface area contributed by atoms with Gasteiger partial charge in [-0.2, -0.15) is 0 Å². The summed E-state index contributed by atoms with van der Waals surface area (Å²) in [7, 11) is -3.55. The molecule has 0 spiro atoms. The molecule has 0 radical (unpaired) electrons. The molecule has 1 fully saturated rings. The number of aliphatic carboxylic acids is 1. The highest BCUT2D eigenvalue weighted by Crippen LogP contribution is 2.62. The van der Waals surface area contributed by atoms with Gasteiger partial charge < -0.3 is 10.8 Å². The number of carboxylic acid groups (broad SMARTS) is 1. The van der Waals surface area contributed by atoms with Crippen LogP contribution in [0.5, 0.6) is 0 Å². The van der Waals surface area contributed by atoms with Gasteiger partial charge in [-0.1, -0.05) is 19.1 Å². The van der Waals surface area contributed by atoms with Crippen LogP contribution in [0, 0.1) is 11.2 Å². The van der Waals surface area contributed by atoms with Gasteiger partial charge in [-0.15, -0.1) is 0 Å². The molecule has 0 saturated heterocycles. The molecule has 1 aromatic carbocycles. The molecule has 20 heavy (non-hydrogen) atoms. The molecule has 110 valence electrons. The van der Waals surface area contributed by atoms with Gasteiger partial charge >= 0.3 is 5.97 Å². The fourth-order valence-electron chi connectivity index (χ4n) is 2.84. The summed E-state index contributed by atoms with van der Waals surface area (Å²) in [4.78, 5) is 11.5. The van der Waals surface area contributed by atoms with Crippen molar-refractivity contribution in [1.82, 2.24) is 0 Å². The van der Waals surface area contributed by atoms with E-state index in [1.54, 1.807) is 0 Å². The molecule has 0 bridgehead atoms. The number of hydrogen-bond donors (Lipinski definition) is 2. The van der Waals surface area contributed by atoms with Crippen LogP contribution in [-0.2, 0) is 14.6 Å². The number of hydrogen-bond acceptors (Lipinski definition) is 4. The second-order valence-electron chi connectivity index (χ2n) is 4.95. The molecule has 0 heterocycles. The van der Waals surface area contributed by atoms with E-state index >= 15 is 0 Å². The molecule has 0 unspecified atom stereocenters. The Bertz CT molecular complexity index is 628. The van der Waals surface area contributed by atoms with Crippen LogP contribution >= 0.6 is 0 Å². The van der Waals surface area contributed by atoms with Crippen molar-refractivity contribution in [3.8, 4) is 0 Å². The quantitative estimate of drug-likeness (QED) is 0.836. The first-order chi connectivity index (χ1) is 9.31. The van der Waals surface area contributed by atoms with Gasteiger partial charge in [-0.25, -0.2) is 12.8 Å². The Morgan fingerprint density at radius 2 is 1.95 bits per heavy atom. The van der Waals surface area contributed by atoms with Crippen LogP contribution in [0.2, 0.25) is 0 Å². The van der Waals surface area contributed by atoms with Crippen molar-refractivity contribution in [3.05, 3.63) is 35.6 Å². The maximum Gasteiger partial charge on any atom is 0.312 e. The molecule has 2 rings (SSSR count). The number of benzene rings is 1. The van der Waals surface area contributed by atoms with E-state index in [0.717, 1.165) is 0 Å². The number of sulfone groups is 1. The lowest BCUT2D eigenvalue weighted by Gasteiger charge is -2.09. The third kappa shape index (κ3) is 2.01. The van der Waals surface area contributed by atoms with E-state index in [2.05, 4.69) is 0 Å². The monoisotopic (exact) mass is 301 g/mol. The minimum Gasteiger partial charge on any atom is -0.481 e. The zero-order valence-electron chi connectivity index (χ0n) is 10.9. The molecular weight excluding hydrogens is 285 g/mol. The summed E-state index contributed by atoms with van der Waals surface area (Å²) in [5.74, 6) is -2.56. The Kier molecular flexibility index (Phi) is 3.60. The molecule has 0 aliphatic heterocycles. The molecule has 1 aliphatic carbocycles. The number of nitrogens with two attached hydrogens (primary N) is 1.